The molecule has 0 saturated heterocycles. The van der Waals surface area contributed by atoms with Gasteiger partial charge >= 0.3 is 6.03 Å². The highest BCUT2D eigenvalue weighted by Crippen LogP contribution is 2.26. The predicted molar refractivity (Wildman–Crippen MR) is 71.2 cm³/mol. The molecule has 2 atom stereocenters. The van der Waals surface area contributed by atoms with E-state index in [1.807, 2.05) is 13.8 Å². The van der Waals surface area contributed by atoms with Crippen molar-refractivity contribution in [2.75, 3.05) is 5.32 Å². The molecule has 0 aliphatic carbocycles. The van der Waals surface area contributed by atoms with Gasteiger partial charge in [0.25, 0.3) is 0 Å². The van der Waals surface area contributed by atoms with E-state index in [9.17, 15) is 14.0 Å². The third kappa shape index (κ3) is 2.56. The van der Waals surface area contributed by atoms with Crippen molar-refractivity contribution in [3.63, 3.8) is 0 Å². The predicted octanol–water partition coefficient (Wildman–Crippen LogP) is 1.47. The lowest BCUT2D eigenvalue weighted by Gasteiger charge is -2.30. The number of aromatic nitrogens is 1. The molecule has 2 rings (SSSR count). The maximum Gasteiger partial charge on any atom is 0.315 e. The summed E-state index contributed by atoms with van der Waals surface area (Å²) in [7, 11) is 0. The summed E-state index contributed by atoms with van der Waals surface area (Å²) in [6, 6.07) is -0.183. The summed E-state index contributed by atoms with van der Waals surface area (Å²) in [4.78, 5) is 29.1. The Hall–Kier alpha value is -2.18. The molecule has 7 heteroatoms. The largest absolute Gasteiger partial charge is 0.351 e. The van der Waals surface area contributed by atoms with Gasteiger partial charge in [0.2, 0.25) is 5.91 Å². The summed E-state index contributed by atoms with van der Waals surface area (Å²) in [6.45, 7) is 3.87. The summed E-state index contributed by atoms with van der Waals surface area (Å²) in [5, 5.41) is 2.62. The summed E-state index contributed by atoms with van der Waals surface area (Å²) in [5.74, 6) is -0.984. The van der Waals surface area contributed by atoms with Crippen molar-refractivity contribution in [3.05, 3.63) is 23.8 Å². The number of fused-ring (bicyclic) bond motifs is 1. The van der Waals surface area contributed by atoms with E-state index in [-0.39, 0.29) is 24.1 Å². The maximum atomic E-state index is 13.2. The van der Waals surface area contributed by atoms with Gasteiger partial charge in [-0.05, 0) is 5.92 Å². The van der Waals surface area contributed by atoms with Crippen LogP contribution in [0.2, 0.25) is 0 Å². The third-order valence-electron chi connectivity index (χ3n) is 3.59. The van der Waals surface area contributed by atoms with Gasteiger partial charge in [-0.2, -0.15) is 0 Å². The van der Waals surface area contributed by atoms with Crippen LogP contribution in [0.1, 0.15) is 26.0 Å². The zero-order valence-corrected chi connectivity index (χ0v) is 11.4. The Labute approximate surface area is 116 Å². The van der Waals surface area contributed by atoms with Crippen LogP contribution in [0.25, 0.3) is 0 Å². The van der Waals surface area contributed by atoms with Crippen LogP contribution in [0.3, 0.4) is 0 Å². The summed E-state index contributed by atoms with van der Waals surface area (Å²) in [5.41, 5.74) is 6.08. The topological polar surface area (TPSA) is 88.3 Å². The Bertz CT molecular complexity index is 549. The van der Waals surface area contributed by atoms with Gasteiger partial charge in [0.05, 0.1) is 24.1 Å². The minimum absolute atomic E-state index is 0.0679. The standard InChI is InChI=1S/C13H17FN4O2/c1-3-7(2)11-12(19)17-9-4-8(14)5-16-10(9)6-18(11)13(15)20/h4-5,7,11H,3,6H2,1-2H3,(H2,15,20)(H,17,19)/t7-,11-/m0/s1. The van der Waals surface area contributed by atoms with Crippen LogP contribution in [0.4, 0.5) is 14.9 Å². The Morgan fingerprint density at radius 1 is 1.70 bits per heavy atom. The van der Waals surface area contributed by atoms with Gasteiger partial charge in [0.15, 0.2) is 0 Å². The van der Waals surface area contributed by atoms with Gasteiger partial charge in [0, 0.05) is 6.07 Å². The normalized spacial score (nSPS) is 19.9. The van der Waals surface area contributed by atoms with E-state index in [4.69, 9.17) is 5.73 Å². The van der Waals surface area contributed by atoms with Crippen LogP contribution in [0.5, 0.6) is 0 Å². The quantitative estimate of drug-likeness (QED) is 0.859. The molecule has 1 aromatic rings. The lowest BCUT2D eigenvalue weighted by Crippen LogP contribution is -2.50. The third-order valence-corrected chi connectivity index (χ3v) is 3.59. The number of hydrogen-bond acceptors (Lipinski definition) is 3. The van der Waals surface area contributed by atoms with Crippen molar-refractivity contribution in [1.29, 1.82) is 0 Å². The Morgan fingerprint density at radius 3 is 3.00 bits per heavy atom. The SMILES string of the molecule is CC[C@H](C)[C@H]1C(=O)Nc2cc(F)cnc2CN1C(N)=O. The fourth-order valence-electron chi connectivity index (χ4n) is 2.31. The highest BCUT2D eigenvalue weighted by Gasteiger charge is 2.36. The van der Waals surface area contributed by atoms with E-state index in [1.54, 1.807) is 0 Å². The first kappa shape index (κ1) is 14.2. The molecule has 20 heavy (non-hydrogen) atoms. The van der Waals surface area contributed by atoms with E-state index < -0.39 is 17.9 Å². The fourth-order valence-corrected chi connectivity index (χ4v) is 2.31. The Kier molecular flexibility index (Phi) is 3.87. The molecular weight excluding hydrogens is 263 g/mol. The average Bonchev–Trinajstić information content (AvgIpc) is 2.53. The molecule has 0 unspecified atom stereocenters. The zero-order valence-electron chi connectivity index (χ0n) is 11.4. The number of carbonyl (C=O) groups is 2. The van der Waals surface area contributed by atoms with E-state index in [1.165, 1.54) is 11.0 Å². The summed E-state index contributed by atoms with van der Waals surface area (Å²) >= 11 is 0. The van der Waals surface area contributed by atoms with Crippen LogP contribution in [0, 0.1) is 11.7 Å². The lowest BCUT2D eigenvalue weighted by molar-refractivity contribution is -0.121. The molecule has 0 spiro atoms. The van der Waals surface area contributed by atoms with E-state index in [2.05, 4.69) is 10.3 Å². The molecule has 3 N–H and O–H groups in total. The van der Waals surface area contributed by atoms with Gasteiger partial charge in [-0.15, -0.1) is 0 Å². The fraction of sp³-hybridized carbons (Fsp3) is 0.462. The zero-order chi connectivity index (χ0) is 14.9. The van der Waals surface area contributed by atoms with Crippen molar-refractivity contribution < 1.29 is 14.0 Å². The van der Waals surface area contributed by atoms with E-state index in [0.29, 0.717) is 12.1 Å². The number of nitrogens with zero attached hydrogens (tertiary/aromatic N) is 2. The molecule has 0 bridgehead atoms. The number of hydrogen-bond donors (Lipinski definition) is 2. The lowest BCUT2D eigenvalue weighted by atomic mass is 9.97. The molecule has 2 heterocycles. The van der Waals surface area contributed by atoms with Crippen LogP contribution in [-0.2, 0) is 11.3 Å². The minimum atomic E-state index is -0.690. The van der Waals surface area contributed by atoms with Gasteiger partial charge < -0.3 is 16.0 Å². The van der Waals surface area contributed by atoms with Crippen molar-refractivity contribution >= 4 is 17.6 Å². The second kappa shape index (κ2) is 5.44. The van der Waals surface area contributed by atoms with Crippen LogP contribution < -0.4 is 11.1 Å². The van der Waals surface area contributed by atoms with Gasteiger partial charge in [-0.25, -0.2) is 9.18 Å². The first-order valence-electron chi connectivity index (χ1n) is 6.45. The number of nitrogens with one attached hydrogen (secondary N) is 1. The molecule has 1 aliphatic rings. The highest BCUT2D eigenvalue weighted by atomic mass is 19.1. The van der Waals surface area contributed by atoms with Crippen molar-refractivity contribution in [2.24, 2.45) is 11.7 Å². The smallest absolute Gasteiger partial charge is 0.315 e. The van der Waals surface area contributed by atoms with Crippen LogP contribution in [0.15, 0.2) is 12.3 Å². The average molecular weight is 280 g/mol. The van der Waals surface area contributed by atoms with Gasteiger partial charge in [-0.3, -0.25) is 9.78 Å². The number of urea groups is 1. The molecule has 3 amide bonds. The number of amides is 3. The van der Waals surface area contributed by atoms with E-state index in [0.717, 1.165) is 6.20 Å². The molecule has 108 valence electrons. The molecule has 0 fully saturated rings. The number of pyridine rings is 1. The molecule has 0 radical (unpaired) electrons. The molecule has 1 aromatic heterocycles. The Morgan fingerprint density at radius 2 is 2.40 bits per heavy atom. The van der Waals surface area contributed by atoms with Crippen molar-refractivity contribution in [2.45, 2.75) is 32.9 Å². The minimum Gasteiger partial charge on any atom is -0.351 e. The van der Waals surface area contributed by atoms with Crippen molar-refractivity contribution in [1.82, 2.24) is 9.88 Å². The number of primary amides is 1. The number of halogens is 1. The molecule has 0 saturated carbocycles. The second-order valence-electron chi connectivity index (χ2n) is 4.93. The Balaban J connectivity index is 2.45. The highest BCUT2D eigenvalue weighted by molar-refractivity contribution is 5.98. The second-order valence-corrected chi connectivity index (χ2v) is 4.93. The van der Waals surface area contributed by atoms with Gasteiger partial charge in [-0.1, -0.05) is 20.3 Å². The van der Waals surface area contributed by atoms with E-state index >= 15 is 0 Å². The number of anilines is 1. The summed E-state index contributed by atoms with van der Waals surface area (Å²) < 4.78 is 13.2. The van der Waals surface area contributed by atoms with Gasteiger partial charge in [0.1, 0.15) is 11.9 Å². The first-order chi connectivity index (χ1) is 9.43. The van der Waals surface area contributed by atoms with Crippen LogP contribution in [-0.4, -0.2) is 27.9 Å². The molecule has 6 nitrogen and oxygen atoms in total. The number of rotatable bonds is 2. The number of nitrogens with two attached hydrogens (primary N) is 1. The molecular formula is C13H17FN4O2. The van der Waals surface area contributed by atoms with Crippen molar-refractivity contribution in [3.8, 4) is 0 Å². The summed E-state index contributed by atoms with van der Waals surface area (Å²) in [6.07, 6.45) is 1.76. The van der Waals surface area contributed by atoms with Crippen LogP contribution >= 0.6 is 0 Å². The molecule has 0 aromatic carbocycles. The monoisotopic (exact) mass is 280 g/mol. The molecule has 1 aliphatic heterocycles. The first-order valence-corrected chi connectivity index (χ1v) is 6.45. The maximum absolute atomic E-state index is 13.2. The number of carbonyl (C=O) groups excluding carboxylic acids is 2.